The van der Waals surface area contributed by atoms with Crippen LogP contribution in [0.25, 0.3) is 0 Å². The molecule has 2 heterocycles. The molecule has 0 spiro atoms. The second kappa shape index (κ2) is 9.39. The van der Waals surface area contributed by atoms with Gasteiger partial charge in [-0.15, -0.1) is 11.8 Å². The summed E-state index contributed by atoms with van der Waals surface area (Å²) >= 11 is 0. The molecule has 2 aromatic rings. The average Bonchev–Trinajstić information content (AvgIpc) is 2.75. The molecule has 0 fully saturated rings. The largest absolute Gasteiger partial charge is 0.476 e. The summed E-state index contributed by atoms with van der Waals surface area (Å²) in [6.07, 6.45) is 3.81. The fourth-order valence-corrected chi connectivity index (χ4v) is 3.23. The highest BCUT2D eigenvalue weighted by atomic mass is 16.5. The van der Waals surface area contributed by atoms with Crippen LogP contribution in [0.4, 0.5) is 0 Å². The van der Waals surface area contributed by atoms with Crippen LogP contribution in [0.1, 0.15) is 48.3 Å². The third-order valence-corrected chi connectivity index (χ3v) is 5.06. The second-order valence-corrected chi connectivity index (χ2v) is 7.44. The summed E-state index contributed by atoms with van der Waals surface area (Å²) in [6.45, 7) is 4.05. The summed E-state index contributed by atoms with van der Waals surface area (Å²) < 4.78 is 5.44. The van der Waals surface area contributed by atoms with Gasteiger partial charge in [-0.2, -0.15) is 0 Å². The Morgan fingerprint density at radius 2 is 2.13 bits per heavy atom. The first-order valence-electron chi connectivity index (χ1n) is 9.91. The highest BCUT2D eigenvalue weighted by Gasteiger charge is 2.36. The number of aliphatic imine (C=N–C) groups is 1. The van der Waals surface area contributed by atoms with E-state index in [1.165, 1.54) is 17.3 Å². The van der Waals surface area contributed by atoms with Crippen molar-refractivity contribution in [3.05, 3.63) is 53.5 Å². The number of amides is 1. The van der Waals surface area contributed by atoms with Crippen molar-refractivity contribution in [2.45, 2.75) is 38.6 Å². The highest BCUT2D eigenvalue weighted by molar-refractivity contribution is 5.99. The van der Waals surface area contributed by atoms with Crippen LogP contribution in [-0.4, -0.2) is 46.2 Å². The first-order valence-corrected chi connectivity index (χ1v) is 9.91. The molecule has 0 radical (unpaired) electrons. The molecular weight excluding hydrogens is 394 g/mol. The number of carbonyl (C=O) groups excluding carboxylic acids is 2. The molecule has 31 heavy (non-hydrogen) atoms. The van der Waals surface area contributed by atoms with Gasteiger partial charge in [-0.3, -0.25) is 14.5 Å². The molecule has 0 saturated carbocycles. The van der Waals surface area contributed by atoms with Crippen LogP contribution in [0.15, 0.2) is 41.7 Å². The van der Waals surface area contributed by atoms with Gasteiger partial charge in [0.05, 0.1) is 24.4 Å². The van der Waals surface area contributed by atoms with Gasteiger partial charge in [-0.1, -0.05) is 24.3 Å². The molecule has 0 saturated heterocycles. The van der Waals surface area contributed by atoms with Crippen molar-refractivity contribution in [3.8, 4) is 17.7 Å². The van der Waals surface area contributed by atoms with Crippen molar-refractivity contribution in [1.29, 1.82) is 0 Å². The lowest BCUT2D eigenvalue weighted by Gasteiger charge is -2.33. The van der Waals surface area contributed by atoms with Crippen LogP contribution in [0, 0.1) is 11.8 Å². The number of hydrogen-bond acceptors (Lipinski definition) is 7. The summed E-state index contributed by atoms with van der Waals surface area (Å²) in [5.74, 6) is 5.96. The van der Waals surface area contributed by atoms with Gasteiger partial charge in [0.15, 0.2) is 11.7 Å². The van der Waals surface area contributed by atoms with E-state index < -0.39 is 5.54 Å². The molecule has 0 aliphatic carbocycles. The molecule has 8 nitrogen and oxygen atoms in total. The average molecular weight is 419 g/mol. The van der Waals surface area contributed by atoms with Crippen molar-refractivity contribution < 1.29 is 14.3 Å². The van der Waals surface area contributed by atoms with Crippen molar-refractivity contribution in [2.24, 2.45) is 10.7 Å². The van der Waals surface area contributed by atoms with Crippen molar-refractivity contribution >= 4 is 17.6 Å². The zero-order valence-electron chi connectivity index (χ0n) is 17.9. The van der Waals surface area contributed by atoms with Crippen LogP contribution in [0.2, 0.25) is 0 Å². The Balaban J connectivity index is 1.70. The predicted molar refractivity (Wildman–Crippen MR) is 116 cm³/mol. The minimum Gasteiger partial charge on any atom is -0.476 e. The molecule has 1 aliphatic rings. The highest BCUT2D eigenvalue weighted by Crippen LogP contribution is 2.33. The number of Topliss-reactive ketones (excluding diaryl/α,β-unsaturated/α-hetero) is 1. The number of rotatable bonds is 7. The van der Waals surface area contributed by atoms with Gasteiger partial charge in [0.25, 0.3) is 0 Å². The SMILES string of the molecule is CC#CCCOc1cnc(C(=O)Cc2cccc(C3(C)CC(=O)N(C)C(N)=N3)c2)cn1. The minimum absolute atomic E-state index is 0.101. The predicted octanol–water partition coefficient (Wildman–Crippen LogP) is 2.09. The molecule has 8 heteroatoms. The topological polar surface area (TPSA) is 111 Å². The number of nitrogens with zero attached hydrogens (tertiary/aromatic N) is 4. The van der Waals surface area contributed by atoms with Crippen LogP contribution in [0.5, 0.6) is 5.88 Å². The van der Waals surface area contributed by atoms with E-state index in [1.54, 1.807) is 14.0 Å². The zero-order valence-corrected chi connectivity index (χ0v) is 17.9. The first kappa shape index (κ1) is 22.0. The standard InChI is InChI=1S/C23H25N5O3/c1-4-5-6-10-31-20-15-25-18(14-26-20)19(29)12-16-8-7-9-17(11-16)23(2)13-21(30)28(3)22(24)27-23/h7-9,11,14-15H,6,10,12-13H2,1-3H3,(H2,24,27). The molecule has 0 bridgehead atoms. The molecule has 3 rings (SSSR count). The fourth-order valence-electron chi connectivity index (χ4n) is 3.23. The van der Waals surface area contributed by atoms with Crippen molar-refractivity contribution in [1.82, 2.24) is 14.9 Å². The Kier molecular flexibility index (Phi) is 6.65. The number of aromatic nitrogens is 2. The minimum atomic E-state index is -0.770. The maximum atomic E-state index is 12.7. The number of carbonyl (C=O) groups is 2. The van der Waals surface area contributed by atoms with E-state index in [0.29, 0.717) is 18.9 Å². The van der Waals surface area contributed by atoms with E-state index in [9.17, 15) is 9.59 Å². The van der Waals surface area contributed by atoms with Crippen LogP contribution in [-0.2, 0) is 16.8 Å². The summed E-state index contributed by atoms with van der Waals surface area (Å²) in [5.41, 5.74) is 7.01. The maximum Gasteiger partial charge on any atom is 0.232 e. The fraction of sp³-hybridized carbons (Fsp3) is 0.348. The van der Waals surface area contributed by atoms with Gasteiger partial charge >= 0.3 is 0 Å². The van der Waals surface area contributed by atoms with Gasteiger partial charge in [0.2, 0.25) is 11.8 Å². The van der Waals surface area contributed by atoms with E-state index in [0.717, 1.165) is 11.1 Å². The molecule has 1 aliphatic heterocycles. The molecule has 1 aromatic heterocycles. The molecule has 160 valence electrons. The molecule has 1 amide bonds. The monoisotopic (exact) mass is 419 g/mol. The number of guanidine groups is 1. The third kappa shape index (κ3) is 5.25. The van der Waals surface area contributed by atoms with Crippen LogP contribution >= 0.6 is 0 Å². The van der Waals surface area contributed by atoms with Gasteiger partial charge in [-0.05, 0) is 25.0 Å². The summed E-state index contributed by atoms with van der Waals surface area (Å²) in [5, 5.41) is 0. The molecule has 1 aromatic carbocycles. The molecular formula is C23H25N5O3. The first-order chi connectivity index (χ1) is 14.8. The number of ether oxygens (including phenoxy) is 1. The summed E-state index contributed by atoms with van der Waals surface area (Å²) in [4.78, 5) is 39.1. The lowest BCUT2D eigenvalue weighted by Crippen LogP contribution is -2.47. The number of benzene rings is 1. The van der Waals surface area contributed by atoms with Gasteiger partial charge in [0, 0.05) is 19.9 Å². The van der Waals surface area contributed by atoms with Gasteiger partial charge < -0.3 is 10.5 Å². The zero-order chi connectivity index (χ0) is 22.4. The van der Waals surface area contributed by atoms with E-state index in [4.69, 9.17) is 10.5 Å². The van der Waals surface area contributed by atoms with Crippen LogP contribution in [0.3, 0.4) is 0 Å². The van der Waals surface area contributed by atoms with E-state index in [-0.39, 0.29) is 36.2 Å². The normalized spacial score (nSPS) is 18.1. The number of hydrogen-bond donors (Lipinski definition) is 1. The van der Waals surface area contributed by atoms with Crippen molar-refractivity contribution in [3.63, 3.8) is 0 Å². The summed E-state index contributed by atoms with van der Waals surface area (Å²) in [6, 6.07) is 7.47. The van der Waals surface area contributed by atoms with E-state index in [2.05, 4.69) is 26.8 Å². The summed E-state index contributed by atoms with van der Waals surface area (Å²) in [7, 11) is 1.60. The number of ketones is 1. The Morgan fingerprint density at radius 1 is 1.32 bits per heavy atom. The Bertz CT molecular complexity index is 1070. The quantitative estimate of drug-likeness (QED) is 0.418. The Labute approximate surface area is 181 Å². The molecule has 2 N–H and O–H groups in total. The molecule has 1 atom stereocenters. The maximum absolute atomic E-state index is 12.7. The van der Waals surface area contributed by atoms with Gasteiger partial charge in [-0.25, -0.2) is 15.0 Å². The molecule has 1 unspecified atom stereocenters. The van der Waals surface area contributed by atoms with Gasteiger partial charge in [0.1, 0.15) is 12.3 Å². The van der Waals surface area contributed by atoms with Crippen molar-refractivity contribution in [2.75, 3.05) is 13.7 Å². The third-order valence-electron chi connectivity index (χ3n) is 5.06. The smallest absolute Gasteiger partial charge is 0.232 e. The van der Waals surface area contributed by atoms with E-state index in [1.807, 2.05) is 31.2 Å². The number of nitrogens with two attached hydrogens (primary N) is 1. The van der Waals surface area contributed by atoms with Crippen LogP contribution < -0.4 is 10.5 Å². The second-order valence-electron chi connectivity index (χ2n) is 7.44. The van der Waals surface area contributed by atoms with E-state index >= 15 is 0 Å². The lowest BCUT2D eigenvalue weighted by molar-refractivity contribution is -0.128. The lowest BCUT2D eigenvalue weighted by atomic mass is 9.86. The Hall–Kier alpha value is -3.73. The Morgan fingerprint density at radius 3 is 2.81 bits per heavy atom.